The molecule has 0 unspecified atom stereocenters. The molecule has 0 spiro atoms. The van der Waals surface area contributed by atoms with Crippen LogP contribution in [0.25, 0.3) is 0 Å². The Hall–Kier alpha value is -0.620. The van der Waals surface area contributed by atoms with E-state index in [1.54, 1.807) is 27.7 Å². The van der Waals surface area contributed by atoms with Crippen LogP contribution in [0.1, 0.15) is 34.1 Å². The van der Waals surface area contributed by atoms with E-state index in [2.05, 4.69) is 4.72 Å². The van der Waals surface area contributed by atoms with Gasteiger partial charge in [-0.3, -0.25) is 4.79 Å². The largest absolute Gasteiger partial charge is 0.370 e. The first-order valence-electron chi connectivity index (χ1n) is 4.38. The Morgan fingerprint density at radius 3 is 2.14 bits per heavy atom. The monoisotopic (exact) mass is 222 g/mol. The lowest BCUT2D eigenvalue weighted by molar-refractivity contribution is -0.119. The van der Waals surface area contributed by atoms with Gasteiger partial charge in [0.15, 0.2) is 0 Å². The van der Waals surface area contributed by atoms with Crippen molar-refractivity contribution in [2.24, 2.45) is 5.73 Å². The molecule has 0 heterocycles. The van der Waals surface area contributed by atoms with E-state index in [-0.39, 0.29) is 6.42 Å². The zero-order valence-corrected chi connectivity index (χ0v) is 9.81. The van der Waals surface area contributed by atoms with E-state index in [4.69, 9.17) is 5.73 Å². The van der Waals surface area contributed by atoms with Crippen LogP contribution in [0.3, 0.4) is 0 Å². The summed E-state index contributed by atoms with van der Waals surface area (Å²) in [7, 11) is -3.36. The zero-order valence-electron chi connectivity index (χ0n) is 8.99. The molecule has 14 heavy (non-hydrogen) atoms. The maximum Gasteiger partial charge on any atom is 0.219 e. The van der Waals surface area contributed by atoms with Crippen LogP contribution in [0.5, 0.6) is 0 Å². The van der Waals surface area contributed by atoms with Gasteiger partial charge in [-0.2, -0.15) is 0 Å². The summed E-state index contributed by atoms with van der Waals surface area (Å²) in [5.74, 6) is -0.526. The SMILES string of the molecule is CC(C)S(=O)(=O)NC(C)(C)CC(N)=O. The number of nitrogens with two attached hydrogens (primary N) is 1. The molecule has 0 aromatic carbocycles. The summed E-state index contributed by atoms with van der Waals surface area (Å²) >= 11 is 0. The second kappa shape index (κ2) is 4.27. The van der Waals surface area contributed by atoms with Gasteiger partial charge in [0.05, 0.1) is 5.25 Å². The van der Waals surface area contributed by atoms with Crippen molar-refractivity contribution in [3.63, 3.8) is 0 Å². The minimum atomic E-state index is -3.36. The predicted molar refractivity (Wildman–Crippen MR) is 55.1 cm³/mol. The van der Waals surface area contributed by atoms with Gasteiger partial charge in [0, 0.05) is 12.0 Å². The lowest BCUT2D eigenvalue weighted by atomic mass is 10.0. The summed E-state index contributed by atoms with van der Waals surface area (Å²) in [6, 6.07) is 0. The first-order valence-corrected chi connectivity index (χ1v) is 5.92. The molecule has 0 fully saturated rings. The average molecular weight is 222 g/mol. The van der Waals surface area contributed by atoms with E-state index in [0.29, 0.717) is 0 Å². The summed E-state index contributed by atoms with van der Waals surface area (Å²) in [5.41, 5.74) is 4.18. The van der Waals surface area contributed by atoms with Crippen LogP contribution in [-0.2, 0) is 14.8 Å². The Bertz CT molecular complexity index is 307. The Kier molecular flexibility index (Phi) is 4.08. The Morgan fingerprint density at radius 1 is 1.43 bits per heavy atom. The molecule has 3 N–H and O–H groups in total. The lowest BCUT2D eigenvalue weighted by Gasteiger charge is -2.25. The molecule has 0 saturated carbocycles. The van der Waals surface area contributed by atoms with Gasteiger partial charge in [-0.1, -0.05) is 0 Å². The van der Waals surface area contributed by atoms with Crippen molar-refractivity contribution in [2.45, 2.75) is 44.9 Å². The van der Waals surface area contributed by atoms with E-state index < -0.39 is 26.7 Å². The highest BCUT2D eigenvalue weighted by molar-refractivity contribution is 7.90. The predicted octanol–water partition coefficient (Wildman–Crippen LogP) is -0.0318. The smallest absolute Gasteiger partial charge is 0.219 e. The van der Waals surface area contributed by atoms with Crippen molar-refractivity contribution in [1.82, 2.24) is 4.72 Å². The van der Waals surface area contributed by atoms with E-state index in [9.17, 15) is 13.2 Å². The summed E-state index contributed by atoms with van der Waals surface area (Å²) in [6.07, 6.45) is -0.0149. The van der Waals surface area contributed by atoms with Crippen molar-refractivity contribution < 1.29 is 13.2 Å². The third-order valence-corrected chi connectivity index (χ3v) is 3.73. The van der Waals surface area contributed by atoms with Gasteiger partial charge in [-0.15, -0.1) is 0 Å². The number of hydrogen-bond acceptors (Lipinski definition) is 3. The molecule has 6 heteroatoms. The van der Waals surface area contributed by atoms with Crippen molar-refractivity contribution in [2.75, 3.05) is 0 Å². The Balaban J connectivity index is 4.59. The Labute approximate surface area is 85.1 Å². The maximum absolute atomic E-state index is 11.5. The number of nitrogens with one attached hydrogen (secondary N) is 1. The zero-order chi connectivity index (χ0) is 11.6. The fraction of sp³-hybridized carbons (Fsp3) is 0.875. The standard InChI is InChI=1S/C8H18N2O3S/c1-6(2)14(12,13)10-8(3,4)5-7(9)11/h6,10H,5H2,1-4H3,(H2,9,11). The molecule has 0 saturated heterocycles. The van der Waals surface area contributed by atoms with Crippen LogP contribution in [0.15, 0.2) is 0 Å². The van der Waals surface area contributed by atoms with Gasteiger partial charge in [0.2, 0.25) is 15.9 Å². The summed E-state index contributed by atoms with van der Waals surface area (Å²) in [6.45, 7) is 6.39. The molecule has 0 aromatic heterocycles. The Morgan fingerprint density at radius 2 is 1.86 bits per heavy atom. The topological polar surface area (TPSA) is 89.3 Å². The van der Waals surface area contributed by atoms with Gasteiger partial charge < -0.3 is 5.73 Å². The number of carbonyl (C=O) groups excluding carboxylic acids is 1. The quantitative estimate of drug-likeness (QED) is 0.684. The number of amides is 1. The molecule has 0 radical (unpaired) electrons. The molecule has 0 aliphatic heterocycles. The van der Waals surface area contributed by atoms with Crippen LogP contribution in [0.2, 0.25) is 0 Å². The van der Waals surface area contributed by atoms with Crippen molar-refractivity contribution >= 4 is 15.9 Å². The third kappa shape index (κ3) is 4.57. The van der Waals surface area contributed by atoms with Crippen LogP contribution < -0.4 is 10.5 Å². The average Bonchev–Trinajstić information content (AvgIpc) is 1.79. The van der Waals surface area contributed by atoms with E-state index >= 15 is 0 Å². The maximum atomic E-state index is 11.5. The molecule has 0 aliphatic carbocycles. The van der Waals surface area contributed by atoms with Crippen LogP contribution in [-0.4, -0.2) is 25.1 Å². The second-order valence-electron chi connectivity index (χ2n) is 4.22. The van der Waals surface area contributed by atoms with E-state index in [1.807, 2.05) is 0 Å². The first-order chi connectivity index (χ1) is 6.07. The molecule has 0 rings (SSSR count). The number of sulfonamides is 1. The second-order valence-corrected chi connectivity index (χ2v) is 6.46. The highest BCUT2D eigenvalue weighted by Crippen LogP contribution is 2.11. The van der Waals surface area contributed by atoms with Crippen molar-refractivity contribution in [3.05, 3.63) is 0 Å². The minimum absolute atomic E-state index is 0.0149. The number of rotatable bonds is 5. The molecule has 0 bridgehead atoms. The molecule has 0 aliphatic rings. The molecular weight excluding hydrogens is 204 g/mol. The molecule has 1 amide bonds. The van der Waals surface area contributed by atoms with Crippen LogP contribution in [0, 0.1) is 0 Å². The van der Waals surface area contributed by atoms with E-state index in [0.717, 1.165) is 0 Å². The number of primary amides is 1. The van der Waals surface area contributed by atoms with Gasteiger partial charge in [0.25, 0.3) is 0 Å². The molecule has 0 atom stereocenters. The van der Waals surface area contributed by atoms with Gasteiger partial charge in [-0.05, 0) is 27.7 Å². The molecule has 84 valence electrons. The highest BCUT2D eigenvalue weighted by Gasteiger charge is 2.28. The van der Waals surface area contributed by atoms with Gasteiger partial charge in [0.1, 0.15) is 0 Å². The van der Waals surface area contributed by atoms with Crippen molar-refractivity contribution in [3.8, 4) is 0 Å². The number of hydrogen-bond donors (Lipinski definition) is 2. The lowest BCUT2D eigenvalue weighted by Crippen LogP contribution is -2.48. The number of carbonyl (C=O) groups is 1. The summed E-state index contributed by atoms with van der Waals surface area (Å²) in [5, 5.41) is -0.519. The molecule has 0 aromatic rings. The van der Waals surface area contributed by atoms with E-state index in [1.165, 1.54) is 0 Å². The fourth-order valence-corrected chi connectivity index (χ4v) is 2.05. The minimum Gasteiger partial charge on any atom is -0.370 e. The highest BCUT2D eigenvalue weighted by atomic mass is 32.2. The molecular formula is C8H18N2O3S. The fourth-order valence-electron chi connectivity index (χ4n) is 0.975. The summed E-state index contributed by atoms with van der Waals surface area (Å²) in [4.78, 5) is 10.7. The summed E-state index contributed by atoms with van der Waals surface area (Å²) < 4.78 is 25.4. The van der Waals surface area contributed by atoms with Crippen molar-refractivity contribution in [1.29, 1.82) is 0 Å². The van der Waals surface area contributed by atoms with Crippen LogP contribution >= 0.6 is 0 Å². The molecule has 5 nitrogen and oxygen atoms in total. The first kappa shape index (κ1) is 13.4. The van der Waals surface area contributed by atoms with Gasteiger partial charge in [-0.25, -0.2) is 13.1 Å². The van der Waals surface area contributed by atoms with Gasteiger partial charge >= 0.3 is 0 Å². The third-order valence-electron chi connectivity index (χ3n) is 1.66. The normalized spacial score (nSPS) is 13.2. The van der Waals surface area contributed by atoms with Crippen LogP contribution in [0.4, 0.5) is 0 Å².